The molecule has 0 N–H and O–H groups in total. The van der Waals surface area contributed by atoms with Crippen LogP contribution in [0.15, 0.2) is 0 Å². The molecule has 0 amide bonds. The van der Waals surface area contributed by atoms with Crippen molar-refractivity contribution in [2.45, 2.75) is 79.1 Å². The molecule has 4 saturated carbocycles. The van der Waals surface area contributed by atoms with Gasteiger partial charge < -0.3 is 0 Å². The second-order valence-corrected chi connectivity index (χ2v) is 9.89. The molecular formula is C20H34. The Morgan fingerprint density at radius 2 is 1.60 bits per heavy atom. The highest BCUT2D eigenvalue weighted by Gasteiger charge is 2.57. The molecule has 0 aromatic heterocycles. The van der Waals surface area contributed by atoms with E-state index in [9.17, 15) is 0 Å². The third kappa shape index (κ3) is 1.72. The minimum absolute atomic E-state index is 0.632. The molecule has 0 aromatic rings. The van der Waals surface area contributed by atoms with Crippen molar-refractivity contribution in [3.05, 3.63) is 0 Å². The monoisotopic (exact) mass is 274 g/mol. The smallest absolute Gasteiger partial charge is 0.0261 e. The first-order valence-corrected chi connectivity index (χ1v) is 9.43. The van der Waals surface area contributed by atoms with Crippen molar-refractivity contribution in [1.82, 2.24) is 0 Å². The van der Waals surface area contributed by atoms with Gasteiger partial charge in [-0.3, -0.25) is 0 Å². The summed E-state index contributed by atoms with van der Waals surface area (Å²) in [4.78, 5) is 0. The summed E-state index contributed by atoms with van der Waals surface area (Å²) < 4.78 is 0. The second-order valence-electron chi connectivity index (χ2n) is 9.89. The van der Waals surface area contributed by atoms with Gasteiger partial charge in [0.25, 0.3) is 0 Å². The van der Waals surface area contributed by atoms with Gasteiger partial charge in [-0.1, -0.05) is 27.7 Å². The Labute approximate surface area is 126 Å². The number of hydrogen-bond donors (Lipinski definition) is 0. The van der Waals surface area contributed by atoms with E-state index in [1.807, 2.05) is 0 Å². The summed E-state index contributed by atoms with van der Waals surface area (Å²) >= 11 is 0. The zero-order chi connectivity index (χ0) is 14.1. The molecule has 1 spiro atoms. The molecule has 4 rings (SSSR count). The van der Waals surface area contributed by atoms with Gasteiger partial charge >= 0.3 is 0 Å². The molecule has 20 heavy (non-hydrogen) atoms. The molecule has 0 radical (unpaired) electrons. The third-order valence-corrected chi connectivity index (χ3v) is 8.74. The van der Waals surface area contributed by atoms with Crippen LogP contribution in [0.5, 0.6) is 0 Å². The fourth-order valence-corrected chi connectivity index (χ4v) is 7.69. The molecule has 114 valence electrons. The van der Waals surface area contributed by atoms with Gasteiger partial charge in [0.1, 0.15) is 0 Å². The largest absolute Gasteiger partial charge is 0.0622 e. The Morgan fingerprint density at radius 3 is 2.40 bits per heavy atom. The third-order valence-electron chi connectivity index (χ3n) is 8.74. The standard InChI is InChI=1S/C20H34/c1-13-11-20-10-8-18-16(7-9-19(18,3)4)14(2)17(20)6-5-15(13)12-20/h13-18H,5-12H2,1-4H3/t13-,14?,15+,16-,17-,18-,20+/m0/s1. The molecule has 4 fully saturated rings. The first-order chi connectivity index (χ1) is 9.43. The number of rotatable bonds is 0. The van der Waals surface area contributed by atoms with Gasteiger partial charge in [-0.2, -0.15) is 0 Å². The first-order valence-electron chi connectivity index (χ1n) is 9.43. The fraction of sp³-hybridized carbons (Fsp3) is 1.00. The normalized spacial score (nSPS) is 57.0. The Balaban J connectivity index is 1.68. The maximum Gasteiger partial charge on any atom is -0.0261 e. The minimum atomic E-state index is 0.632. The van der Waals surface area contributed by atoms with Gasteiger partial charge in [-0.05, 0) is 97.7 Å². The van der Waals surface area contributed by atoms with Gasteiger partial charge in [-0.25, -0.2) is 0 Å². The zero-order valence-electron chi connectivity index (χ0n) is 14.1. The van der Waals surface area contributed by atoms with Gasteiger partial charge in [0.15, 0.2) is 0 Å². The summed E-state index contributed by atoms with van der Waals surface area (Å²) in [5.41, 5.74) is 1.41. The summed E-state index contributed by atoms with van der Waals surface area (Å²) in [6, 6.07) is 0. The summed E-state index contributed by atoms with van der Waals surface area (Å²) in [5.74, 6) is 6.29. The van der Waals surface area contributed by atoms with Crippen LogP contribution in [0.3, 0.4) is 0 Å². The van der Waals surface area contributed by atoms with Crippen LogP contribution < -0.4 is 0 Å². The number of hydrogen-bond acceptors (Lipinski definition) is 0. The maximum absolute atomic E-state index is 2.65. The van der Waals surface area contributed by atoms with E-state index in [1.54, 1.807) is 38.5 Å². The molecule has 0 nitrogen and oxygen atoms in total. The van der Waals surface area contributed by atoms with Crippen molar-refractivity contribution in [1.29, 1.82) is 0 Å². The van der Waals surface area contributed by atoms with Crippen LogP contribution in [0.1, 0.15) is 79.1 Å². The summed E-state index contributed by atoms with van der Waals surface area (Å²) in [6.45, 7) is 10.3. The molecule has 2 bridgehead atoms. The van der Waals surface area contributed by atoms with E-state index in [0.717, 1.165) is 40.9 Å². The van der Waals surface area contributed by atoms with E-state index < -0.39 is 0 Å². The Kier molecular flexibility index (Phi) is 2.91. The van der Waals surface area contributed by atoms with Crippen molar-refractivity contribution < 1.29 is 0 Å². The predicted molar refractivity (Wildman–Crippen MR) is 85.4 cm³/mol. The van der Waals surface area contributed by atoms with E-state index >= 15 is 0 Å². The van der Waals surface area contributed by atoms with E-state index in [0.29, 0.717) is 5.41 Å². The van der Waals surface area contributed by atoms with Crippen molar-refractivity contribution >= 4 is 0 Å². The van der Waals surface area contributed by atoms with E-state index in [2.05, 4.69) is 27.7 Å². The van der Waals surface area contributed by atoms with Gasteiger partial charge in [0.2, 0.25) is 0 Å². The van der Waals surface area contributed by atoms with E-state index in [4.69, 9.17) is 0 Å². The Hall–Kier alpha value is 0. The lowest BCUT2D eigenvalue weighted by Crippen LogP contribution is -2.36. The van der Waals surface area contributed by atoms with Crippen molar-refractivity contribution in [2.24, 2.45) is 46.3 Å². The lowest BCUT2D eigenvalue weighted by Gasteiger charge is -2.44. The summed E-state index contributed by atoms with van der Waals surface area (Å²) in [5, 5.41) is 0. The minimum Gasteiger partial charge on any atom is -0.0622 e. The first kappa shape index (κ1) is 13.6. The topological polar surface area (TPSA) is 0 Å². The average molecular weight is 274 g/mol. The highest BCUT2D eigenvalue weighted by Crippen LogP contribution is 2.67. The quantitative estimate of drug-likeness (QED) is 0.515. The van der Waals surface area contributed by atoms with Crippen LogP contribution in [-0.2, 0) is 0 Å². The SMILES string of the molecule is CC1[C@@H]2CCC(C)(C)[C@H]2CC[C@@]23C[C@@H](CC[C@@H]12)[C@@H](C)C3. The maximum atomic E-state index is 2.65. The zero-order valence-corrected chi connectivity index (χ0v) is 14.1. The van der Waals surface area contributed by atoms with Crippen LogP contribution in [0.4, 0.5) is 0 Å². The lowest BCUT2D eigenvalue weighted by molar-refractivity contribution is 0.0521. The van der Waals surface area contributed by atoms with Crippen molar-refractivity contribution in [3.8, 4) is 0 Å². The Bertz CT molecular complexity index is 391. The van der Waals surface area contributed by atoms with Crippen LogP contribution in [0, 0.1) is 46.3 Å². The van der Waals surface area contributed by atoms with Crippen molar-refractivity contribution in [2.75, 3.05) is 0 Å². The molecule has 4 aliphatic carbocycles. The molecule has 4 aliphatic rings. The highest BCUT2D eigenvalue weighted by molar-refractivity contribution is 5.07. The van der Waals surface area contributed by atoms with E-state index in [1.165, 1.54) is 12.8 Å². The van der Waals surface area contributed by atoms with E-state index in [-0.39, 0.29) is 0 Å². The summed E-state index contributed by atoms with van der Waals surface area (Å²) in [7, 11) is 0. The van der Waals surface area contributed by atoms with Gasteiger partial charge in [-0.15, -0.1) is 0 Å². The van der Waals surface area contributed by atoms with Crippen LogP contribution in [0.25, 0.3) is 0 Å². The Morgan fingerprint density at radius 1 is 0.800 bits per heavy atom. The number of fused-ring (bicyclic) bond motifs is 2. The lowest BCUT2D eigenvalue weighted by atomic mass is 9.61. The van der Waals surface area contributed by atoms with Gasteiger partial charge in [0, 0.05) is 0 Å². The molecule has 0 aliphatic heterocycles. The molecule has 0 heterocycles. The second kappa shape index (κ2) is 4.26. The average Bonchev–Trinajstić information content (AvgIpc) is 2.77. The molecule has 0 heteroatoms. The molecule has 1 unspecified atom stereocenters. The van der Waals surface area contributed by atoms with Crippen molar-refractivity contribution in [3.63, 3.8) is 0 Å². The fourth-order valence-electron chi connectivity index (χ4n) is 7.69. The van der Waals surface area contributed by atoms with Crippen LogP contribution >= 0.6 is 0 Å². The highest BCUT2D eigenvalue weighted by atomic mass is 14.6. The summed E-state index contributed by atoms with van der Waals surface area (Å²) in [6.07, 6.45) is 12.5. The van der Waals surface area contributed by atoms with Gasteiger partial charge in [0.05, 0.1) is 0 Å². The van der Waals surface area contributed by atoms with Crippen LogP contribution in [-0.4, -0.2) is 0 Å². The molecule has 7 atom stereocenters. The predicted octanol–water partition coefficient (Wildman–Crippen LogP) is 5.91. The molecule has 0 saturated heterocycles. The van der Waals surface area contributed by atoms with Crippen LogP contribution in [0.2, 0.25) is 0 Å². The molecular weight excluding hydrogens is 240 g/mol. The molecule has 0 aromatic carbocycles.